The summed E-state index contributed by atoms with van der Waals surface area (Å²) < 4.78 is 4.83. The molecule has 25 heavy (non-hydrogen) atoms. The van der Waals surface area contributed by atoms with Crippen LogP contribution in [-0.4, -0.2) is 32.1 Å². The minimum atomic E-state index is -0.371. The summed E-state index contributed by atoms with van der Waals surface area (Å²) in [7, 11) is 1.87. The van der Waals surface area contributed by atoms with Gasteiger partial charge in [0.2, 0.25) is 5.91 Å². The minimum absolute atomic E-state index is 0.0961. The van der Waals surface area contributed by atoms with Crippen LogP contribution < -0.4 is 10.2 Å². The Labute approximate surface area is 147 Å². The van der Waals surface area contributed by atoms with Crippen molar-refractivity contribution in [3.05, 3.63) is 66.2 Å². The topological polar surface area (TPSA) is 58.6 Å². The zero-order valence-corrected chi connectivity index (χ0v) is 14.4. The fourth-order valence-electron chi connectivity index (χ4n) is 2.22. The predicted octanol–water partition coefficient (Wildman–Crippen LogP) is 3.34. The monoisotopic (exact) mass is 338 g/mol. The first-order valence-electron chi connectivity index (χ1n) is 8.09. The van der Waals surface area contributed by atoms with Crippen LogP contribution in [0.4, 0.5) is 11.4 Å². The number of nitrogens with one attached hydrogen (secondary N) is 1. The van der Waals surface area contributed by atoms with Crippen molar-refractivity contribution in [3.8, 4) is 0 Å². The second-order valence-electron chi connectivity index (χ2n) is 5.45. The number of carbonyl (C=O) groups excluding carboxylic acids is 2. The number of anilines is 2. The molecule has 5 nitrogen and oxygen atoms in total. The predicted molar refractivity (Wildman–Crippen MR) is 100 cm³/mol. The molecule has 0 heterocycles. The number of rotatable bonds is 7. The lowest BCUT2D eigenvalue weighted by Crippen LogP contribution is -2.29. The third-order valence-electron chi connectivity index (χ3n) is 3.47. The van der Waals surface area contributed by atoms with Gasteiger partial charge in [-0.3, -0.25) is 4.79 Å². The first kappa shape index (κ1) is 18.3. The van der Waals surface area contributed by atoms with Gasteiger partial charge in [0.05, 0.1) is 13.2 Å². The summed E-state index contributed by atoms with van der Waals surface area (Å²) >= 11 is 0. The molecule has 0 atom stereocenters. The minimum Gasteiger partial charge on any atom is -0.463 e. The van der Waals surface area contributed by atoms with Crippen LogP contribution in [0.2, 0.25) is 0 Å². The molecular formula is C20H22N2O3. The van der Waals surface area contributed by atoms with Gasteiger partial charge in [-0.15, -0.1) is 0 Å². The molecule has 0 aliphatic heterocycles. The van der Waals surface area contributed by atoms with Crippen molar-refractivity contribution < 1.29 is 14.3 Å². The lowest BCUT2D eigenvalue weighted by atomic mass is 10.2. The van der Waals surface area contributed by atoms with Gasteiger partial charge in [0, 0.05) is 24.5 Å². The summed E-state index contributed by atoms with van der Waals surface area (Å²) in [5, 5.41) is 2.86. The Morgan fingerprint density at radius 3 is 2.40 bits per heavy atom. The van der Waals surface area contributed by atoms with E-state index in [1.807, 2.05) is 54.4 Å². The van der Waals surface area contributed by atoms with Gasteiger partial charge >= 0.3 is 5.97 Å². The molecule has 0 aliphatic carbocycles. The number of carbonyl (C=O) groups is 2. The van der Waals surface area contributed by atoms with Crippen LogP contribution in [0.1, 0.15) is 12.5 Å². The molecule has 0 radical (unpaired) electrons. The highest BCUT2D eigenvalue weighted by molar-refractivity contribution is 5.94. The summed E-state index contributed by atoms with van der Waals surface area (Å²) in [6, 6.07) is 17.0. The van der Waals surface area contributed by atoms with Crippen LogP contribution in [0.15, 0.2) is 60.7 Å². The molecule has 5 heteroatoms. The van der Waals surface area contributed by atoms with Gasteiger partial charge in [-0.25, -0.2) is 4.79 Å². The molecule has 0 saturated heterocycles. The fourth-order valence-corrected chi connectivity index (χ4v) is 2.22. The van der Waals surface area contributed by atoms with E-state index in [9.17, 15) is 9.59 Å². The third-order valence-corrected chi connectivity index (χ3v) is 3.47. The standard InChI is InChI=1S/C20H22N2O3/c1-3-25-20(24)14-11-16-9-12-17(13-10-16)21-19(23)15-22(2)18-7-5-4-6-8-18/h4-14H,3,15H2,1-2H3,(H,21,23)/b14-11+. The fraction of sp³-hybridized carbons (Fsp3) is 0.200. The highest BCUT2D eigenvalue weighted by atomic mass is 16.5. The van der Waals surface area contributed by atoms with E-state index in [0.29, 0.717) is 12.3 Å². The van der Waals surface area contributed by atoms with E-state index in [0.717, 1.165) is 11.3 Å². The molecule has 0 aromatic heterocycles. The summed E-state index contributed by atoms with van der Waals surface area (Å²) in [5.74, 6) is -0.468. The maximum Gasteiger partial charge on any atom is 0.330 e. The van der Waals surface area contributed by atoms with Crippen molar-refractivity contribution in [3.63, 3.8) is 0 Å². The second kappa shape index (κ2) is 9.27. The summed E-state index contributed by atoms with van der Waals surface area (Å²) in [5.41, 5.74) is 2.55. The number of esters is 1. The maximum absolute atomic E-state index is 12.1. The molecule has 2 rings (SSSR count). The van der Waals surface area contributed by atoms with E-state index in [1.54, 1.807) is 25.1 Å². The number of hydrogen-bond donors (Lipinski definition) is 1. The molecule has 0 fully saturated rings. The van der Waals surface area contributed by atoms with Crippen LogP contribution in [0.25, 0.3) is 6.08 Å². The van der Waals surface area contributed by atoms with Crippen LogP contribution in [0.5, 0.6) is 0 Å². The van der Waals surface area contributed by atoms with Crippen LogP contribution in [0, 0.1) is 0 Å². The smallest absolute Gasteiger partial charge is 0.330 e. The van der Waals surface area contributed by atoms with Crippen molar-refractivity contribution in [2.75, 3.05) is 30.4 Å². The Morgan fingerprint density at radius 2 is 1.76 bits per heavy atom. The first-order chi connectivity index (χ1) is 12.1. The molecule has 0 aliphatic rings. The molecular weight excluding hydrogens is 316 g/mol. The zero-order valence-electron chi connectivity index (χ0n) is 14.4. The normalized spacial score (nSPS) is 10.5. The SMILES string of the molecule is CCOC(=O)/C=C/c1ccc(NC(=O)CN(C)c2ccccc2)cc1. The van der Waals surface area contributed by atoms with E-state index in [1.165, 1.54) is 6.08 Å². The lowest BCUT2D eigenvalue weighted by molar-refractivity contribution is -0.137. The Morgan fingerprint density at radius 1 is 1.08 bits per heavy atom. The molecule has 1 N–H and O–H groups in total. The average molecular weight is 338 g/mol. The van der Waals surface area contributed by atoms with Gasteiger partial charge in [-0.1, -0.05) is 30.3 Å². The second-order valence-corrected chi connectivity index (χ2v) is 5.45. The highest BCUT2D eigenvalue weighted by Gasteiger charge is 2.07. The number of amides is 1. The van der Waals surface area contributed by atoms with Crippen LogP contribution in [-0.2, 0) is 14.3 Å². The van der Waals surface area contributed by atoms with Crippen molar-refractivity contribution in [1.29, 1.82) is 0 Å². The maximum atomic E-state index is 12.1. The largest absolute Gasteiger partial charge is 0.463 e. The van der Waals surface area contributed by atoms with Crippen molar-refractivity contribution in [1.82, 2.24) is 0 Å². The quantitative estimate of drug-likeness (QED) is 0.621. The van der Waals surface area contributed by atoms with Gasteiger partial charge in [-0.05, 0) is 42.8 Å². The summed E-state index contributed by atoms with van der Waals surface area (Å²) in [6.07, 6.45) is 3.05. The zero-order chi connectivity index (χ0) is 18.1. The number of benzene rings is 2. The van der Waals surface area contributed by atoms with Crippen molar-refractivity contribution in [2.45, 2.75) is 6.92 Å². The lowest BCUT2D eigenvalue weighted by Gasteiger charge is -2.18. The van der Waals surface area contributed by atoms with Crippen LogP contribution >= 0.6 is 0 Å². The highest BCUT2D eigenvalue weighted by Crippen LogP contribution is 2.13. The molecule has 130 valence electrons. The average Bonchev–Trinajstić information content (AvgIpc) is 2.62. The van der Waals surface area contributed by atoms with E-state index in [-0.39, 0.29) is 18.4 Å². The molecule has 0 saturated carbocycles. The van der Waals surface area contributed by atoms with Gasteiger partial charge in [-0.2, -0.15) is 0 Å². The van der Waals surface area contributed by atoms with E-state index in [2.05, 4.69) is 5.32 Å². The van der Waals surface area contributed by atoms with Crippen molar-refractivity contribution in [2.24, 2.45) is 0 Å². The van der Waals surface area contributed by atoms with Gasteiger partial charge in [0.1, 0.15) is 0 Å². The Balaban J connectivity index is 1.88. The van der Waals surface area contributed by atoms with E-state index < -0.39 is 0 Å². The molecule has 0 spiro atoms. The molecule has 0 bridgehead atoms. The van der Waals surface area contributed by atoms with Crippen molar-refractivity contribution >= 4 is 29.3 Å². The first-order valence-corrected chi connectivity index (χ1v) is 8.09. The molecule has 1 amide bonds. The number of nitrogens with zero attached hydrogens (tertiary/aromatic N) is 1. The third kappa shape index (κ3) is 6.14. The molecule has 0 unspecified atom stereocenters. The van der Waals surface area contributed by atoms with E-state index in [4.69, 9.17) is 4.74 Å². The molecule has 2 aromatic rings. The summed E-state index contributed by atoms with van der Waals surface area (Å²) in [4.78, 5) is 25.3. The van der Waals surface area contributed by atoms with Crippen LogP contribution in [0.3, 0.4) is 0 Å². The van der Waals surface area contributed by atoms with E-state index >= 15 is 0 Å². The Hall–Kier alpha value is -3.08. The summed E-state index contributed by atoms with van der Waals surface area (Å²) in [6.45, 7) is 2.37. The number of likely N-dealkylation sites (N-methyl/N-ethyl adjacent to an activating group) is 1. The number of hydrogen-bond acceptors (Lipinski definition) is 4. The van der Waals surface area contributed by atoms with Gasteiger partial charge < -0.3 is 15.0 Å². The Kier molecular flexibility index (Phi) is 6.77. The number of ether oxygens (including phenoxy) is 1. The molecule has 2 aromatic carbocycles. The van der Waals surface area contributed by atoms with Gasteiger partial charge in [0.25, 0.3) is 0 Å². The number of para-hydroxylation sites is 1. The Bertz CT molecular complexity index is 724. The van der Waals surface area contributed by atoms with Gasteiger partial charge in [0.15, 0.2) is 0 Å².